The SMILES string of the molecule is CN(C)C(=O)c1ccc(N2CCC(CC3CNC3)CC2)nc1Cl. The van der Waals surface area contributed by atoms with Gasteiger partial charge >= 0.3 is 0 Å². The smallest absolute Gasteiger partial charge is 0.256 e. The molecule has 2 aliphatic heterocycles. The fraction of sp³-hybridized carbons (Fsp3) is 0.647. The summed E-state index contributed by atoms with van der Waals surface area (Å²) in [6.07, 6.45) is 3.79. The predicted octanol–water partition coefficient (Wildman–Crippen LogP) is 2.26. The summed E-state index contributed by atoms with van der Waals surface area (Å²) < 4.78 is 0. The van der Waals surface area contributed by atoms with Crippen LogP contribution in [-0.4, -0.2) is 56.1 Å². The van der Waals surface area contributed by atoms with E-state index < -0.39 is 0 Å². The van der Waals surface area contributed by atoms with Gasteiger partial charge < -0.3 is 15.1 Å². The second-order valence-electron chi connectivity index (χ2n) is 6.90. The average Bonchev–Trinajstić information content (AvgIpc) is 2.50. The maximum atomic E-state index is 12.0. The van der Waals surface area contributed by atoms with Crippen molar-refractivity contribution in [3.8, 4) is 0 Å². The summed E-state index contributed by atoms with van der Waals surface area (Å²) >= 11 is 6.22. The highest BCUT2D eigenvalue weighted by Gasteiger charge is 2.26. The predicted molar refractivity (Wildman–Crippen MR) is 93.2 cm³/mol. The summed E-state index contributed by atoms with van der Waals surface area (Å²) in [5, 5.41) is 3.64. The summed E-state index contributed by atoms with van der Waals surface area (Å²) in [6, 6.07) is 3.71. The molecule has 0 aromatic carbocycles. The van der Waals surface area contributed by atoms with E-state index in [2.05, 4.69) is 15.2 Å². The lowest BCUT2D eigenvalue weighted by Crippen LogP contribution is -2.44. The second-order valence-corrected chi connectivity index (χ2v) is 7.26. The van der Waals surface area contributed by atoms with Crippen molar-refractivity contribution < 1.29 is 4.79 Å². The van der Waals surface area contributed by atoms with Crippen LogP contribution < -0.4 is 10.2 Å². The van der Waals surface area contributed by atoms with Crippen LogP contribution in [0.25, 0.3) is 0 Å². The molecule has 0 spiro atoms. The van der Waals surface area contributed by atoms with Gasteiger partial charge in [-0.05, 0) is 56.3 Å². The molecular formula is C17H25ClN4O. The lowest BCUT2D eigenvalue weighted by atomic mass is 9.85. The molecule has 1 aromatic heterocycles. The molecule has 1 N–H and O–H groups in total. The summed E-state index contributed by atoms with van der Waals surface area (Å²) in [5.74, 6) is 2.50. The largest absolute Gasteiger partial charge is 0.357 e. The summed E-state index contributed by atoms with van der Waals surface area (Å²) in [6.45, 7) is 4.43. The molecule has 3 heterocycles. The van der Waals surface area contributed by atoms with Crippen LogP contribution in [0.3, 0.4) is 0 Å². The topological polar surface area (TPSA) is 48.5 Å². The molecule has 5 nitrogen and oxygen atoms in total. The van der Waals surface area contributed by atoms with Crippen LogP contribution in [0, 0.1) is 11.8 Å². The number of piperidine rings is 1. The molecule has 6 heteroatoms. The molecule has 0 radical (unpaired) electrons. The zero-order valence-corrected chi connectivity index (χ0v) is 14.6. The molecule has 23 heavy (non-hydrogen) atoms. The normalized spacial score (nSPS) is 19.5. The third-order valence-electron chi connectivity index (χ3n) is 4.94. The number of nitrogens with one attached hydrogen (secondary N) is 1. The van der Waals surface area contributed by atoms with Gasteiger partial charge in [0.2, 0.25) is 0 Å². The fourth-order valence-electron chi connectivity index (χ4n) is 3.39. The molecule has 1 aromatic rings. The number of carbonyl (C=O) groups excluding carboxylic acids is 1. The van der Waals surface area contributed by atoms with Gasteiger partial charge in [-0.2, -0.15) is 0 Å². The van der Waals surface area contributed by atoms with Crippen molar-refractivity contribution in [2.24, 2.45) is 11.8 Å². The number of amides is 1. The maximum Gasteiger partial charge on any atom is 0.256 e. The van der Waals surface area contributed by atoms with Crippen LogP contribution in [0.2, 0.25) is 5.15 Å². The Bertz CT molecular complexity index is 566. The number of hydrogen-bond donors (Lipinski definition) is 1. The highest BCUT2D eigenvalue weighted by molar-refractivity contribution is 6.32. The van der Waals surface area contributed by atoms with Gasteiger partial charge in [0, 0.05) is 27.2 Å². The number of rotatable bonds is 4. The van der Waals surface area contributed by atoms with E-state index in [0.717, 1.165) is 30.7 Å². The quantitative estimate of drug-likeness (QED) is 0.857. The number of hydrogen-bond acceptors (Lipinski definition) is 4. The van der Waals surface area contributed by atoms with Crippen molar-refractivity contribution >= 4 is 23.3 Å². The van der Waals surface area contributed by atoms with Gasteiger partial charge in [0.1, 0.15) is 11.0 Å². The number of halogens is 1. The van der Waals surface area contributed by atoms with E-state index in [1.807, 2.05) is 6.07 Å². The Morgan fingerprint density at radius 3 is 2.52 bits per heavy atom. The standard InChI is InChI=1S/C17H25ClN4O/c1-21(2)17(23)14-3-4-15(20-16(14)18)22-7-5-12(6-8-22)9-13-10-19-11-13/h3-4,12-13,19H,5-11H2,1-2H3. The van der Waals surface area contributed by atoms with Gasteiger partial charge in [0.25, 0.3) is 5.91 Å². The summed E-state index contributed by atoms with van der Waals surface area (Å²) in [7, 11) is 3.43. The Morgan fingerprint density at radius 1 is 1.30 bits per heavy atom. The van der Waals surface area contributed by atoms with E-state index in [4.69, 9.17) is 11.6 Å². The first-order chi connectivity index (χ1) is 11.0. The number of nitrogens with zero attached hydrogens (tertiary/aromatic N) is 3. The average molecular weight is 337 g/mol. The zero-order chi connectivity index (χ0) is 16.4. The first kappa shape index (κ1) is 16.5. The second kappa shape index (κ2) is 7.05. The Kier molecular flexibility index (Phi) is 5.07. The van der Waals surface area contributed by atoms with Crippen LogP contribution in [-0.2, 0) is 0 Å². The summed E-state index contributed by atoms with van der Waals surface area (Å²) in [5.41, 5.74) is 0.466. The molecule has 0 unspecified atom stereocenters. The van der Waals surface area contributed by atoms with E-state index in [1.54, 1.807) is 20.2 Å². The van der Waals surface area contributed by atoms with Crippen molar-refractivity contribution in [2.75, 3.05) is 45.2 Å². The van der Waals surface area contributed by atoms with Crippen molar-refractivity contribution in [2.45, 2.75) is 19.3 Å². The minimum absolute atomic E-state index is 0.109. The van der Waals surface area contributed by atoms with Gasteiger partial charge in [-0.3, -0.25) is 4.79 Å². The van der Waals surface area contributed by atoms with Crippen molar-refractivity contribution in [3.63, 3.8) is 0 Å². The Balaban J connectivity index is 1.59. The van der Waals surface area contributed by atoms with Gasteiger partial charge in [-0.15, -0.1) is 0 Å². The molecule has 2 aliphatic rings. The number of anilines is 1. The van der Waals surface area contributed by atoms with Crippen LogP contribution in [0.4, 0.5) is 5.82 Å². The van der Waals surface area contributed by atoms with Gasteiger partial charge in [0.05, 0.1) is 5.56 Å². The maximum absolute atomic E-state index is 12.0. The lowest BCUT2D eigenvalue weighted by Gasteiger charge is -2.36. The van der Waals surface area contributed by atoms with E-state index in [-0.39, 0.29) is 5.91 Å². The lowest BCUT2D eigenvalue weighted by molar-refractivity contribution is 0.0827. The molecule has 3 rings (SSSR count). The van der Waals surface area contributed by atoms with E-state index >= 15 is 0 Å². The number of aromatic nitrogens is 1. The van der Waals surface area contributed by atoms with E-state index in [9.17, 15) is 4.79 Å². The molecule has 0 atom stereocenters. The Hall–Kier alpha value is -1.33. The Morgan fingerprint density at radius 2 is 2.00 bits per heavy atom. The molecular weight excluding hydrogens is 312 g/mol. The first-order valence-corrected chi connectivity index (χ1v) is 8.76. The minimum atomic E-state index is -0.109. The van der Waals surface area contributed by atoms with Crippen LogP contribution in [0.5, 0.6) is 0 Å². The Labute approximate surface area is 143 Å². The minimum Gasteiger partial charge on any atom is -0.357 e. The van der Waals surface area contributed by atoms with Crippen molar-refractivity contribution in [1.29, 1.82) is 0 Å². The molecule has 126 valence electrons. The highest BCUT2D eigenvalue weighted by Crippen LogP contribution is 2.29. The van der Waals surface area contributed by atoms with Crippen LogP contribution in [0.15, 0.2) is 12.1 Å². The molecule has 2 saturated heterocycles. The van der Waals surface area contributed by atoms with Gasteiger partial charge in [-0.1, -0.05) is 11.6 Å². The van der Waals surface area contributed by atoms with Crippen LogP contribution >= 0.6 is 11.6 Å². The molecule has 1 amide bonds. The van der Waals surface area contributed by atoms with Gasteiger partial charge in [0.15, 0.2) is 0 Å². The van der Waals surface area contributed by atoms with Gasteiger partial charge in [-0.25, -0.2) is 4.98 Å². The number of pyridine rings is 1. The van der Waals surface area contributed by atoms with Crippen molar-refractivity contribution in [3.05, 3.63) is 22.8 Å². The summed E-state index contributed by atoms with van der Waals surface area (Å²) in [4.78, 5) is 20.3. The molecule has 0 saturated carbocycles. The highest BCUT2D eigenvalue weighted by atomic mass is 35.5. The first-order valence-electron chi connectivity index (χ1n) is 8.38. The fourth-order valence-corrected chi connectivity index (χ4v) is 3.62. The molecule has 0 bridgehead atoms. The monoisotopic (exact) mass is 336 g/mol. The number of carbonyl (C=O) groups is 1. The third kappa shape index (κ3) is 3.78. The van der Waals surface area contributed by atoms with E-state index in [0.29, 0.717) is 10.7 Å². The third-order valence-corrected chi connectivity index (χ3v) is 5.23. The van der Waals surface area contributed by atoms with E-state index in [1.165, 1.54) is 37.3 Å². The van der Waals surface area contributed by atoms with Crippen LogP contribution in [0.1, 0.15) is 29.6 Å². The molecule has 0 aliphatic carbocycles. The zero-order valence-electron chi connectivity index (χ0n) is 13.9. The van der Waals surface area contributed by atoms with Crippen molar-refractivity contribution in [1.82, 2.24) is 15.2 Å². The molecule has 2 fully saturated rings.